The van der Waals surface area contributed by atoms with E-state index in [-0.39, 0.29) is 6.07 Å². The Morgan fingerprint density at radius 2 is 1.88 bits per heavy atom. The van der Waals surface area contributed by atoms with Gasteiger partial charge in [-0.3, -0.25) is 0 Å². The monoisotopic (exact) mass is 244 g/mol. The first-order chi connectivity index (χ1) is 7.27. The Hall–Kier alpha value is -1.31. The molecule has 0 bridgehead atoms. The Morgan fingerprint density at radius 1 is 1.31 bits per heavy atom. The van der Waals surface area contributed by atoms with Gasteiger partial charge in [-0.05, 0) is 0 Å². The van der Waals surface area contributed by atoms with E-state index >= 15 is 0 Å². The molecular weight excluding hydrogens is 238 g/mol. The lowest BCUT2D eigenvalue weighted by Crippen LogP contribution is -2.17. The van der Waals surface area contributed by atoms with Crippen molar-refractivity contribution in [3.8, 4) is 0 Å². The number of hydrogen-bond acceptors (Lipinski definition) is 2. The summed E-state index contributed by atoms with van der Waals surface area (Å²) in [6.07, 6.45) is -8.16. The van der Waals surface area contributed by atoms with Crippen molar-refractivity contribution >= 4 is 0 Å². The second kappa shape index (κ2) is 4.28. The third-order valence-corrected chi connectivity index (χ3v) is 1.77. The van der Waals surface area contributed by atoms with Crippen LogP contribution in [0.2, 0.25) is 0 Å². The zero-order chi connectivity index (χ0) is 12.5. The molecule has 16 heavy (non-hydrogen) atoms. The summed E-state index contributed by atoms with van der Waals surface area (Å²) in [5.74, 6) is -1.79. The summed E-state index contributed by atoms with van der Waals surface area (Å²) in [5.41, 5.74) is 1.22. The molecule has 0 radical (unpaired) electrons. The Balaban J connectivity index is 3.41. The van der Waals surface area contributed by atoms with Crippen LogP contribution in [0.3, 0.4) is 0 Å². The van der Waals surface area contributed by atoms with Crippen LogP contribution >= 0.6 is 0 Å². The molecule has 8 heteroatoms. The maximum Gasteiger partial charge on any atom is 0.421 e. The van der Waals surface area contributed by atoms with Crippen LogP contribution in [0.4, 0.5) is 26.3 Å². The van der Waals surface area contributed by atoms with Gasteiger partial charge in [0, 0.05) is 12.6 Å². The van der Waals surface area contributed by atoms with Crippen LogP contribution in [0.5, 0.6) is 0 Å². The number of halogens is 6. The first kappa shape index (κ1) is 12.8. The maximum absolute atomic E-state index is 13.0. The van der Waals surface area contributed by atoms with Gasteiger partial charge in [0.05, 0.1) is 5.69 Å². The normalized spacial score (nSPS) is 12.2. The standard InChI is InChI=1S/C8H6F6N2/c9-3-1-4(7(10)11)16-5(2-15)6(3)8(12,13)14/h1,7H,2,15H2. The molecule has 0 aromatic carbocycles. The molecule has 0 spiro atoms. The van der Waals surface area contributed by atoms with Gasteiger partial charge in [-0.2, -0.15) is 13.2 Å². The third-order valence-electron chi connectivity index (χ3n) is 1.77. The van der Waals surface area contributed by atoms with E-state index in [1.165, 1.54) is 0 Å². The molecular formula is C8H6F6N2. The molecule has 1 rings (SSSR count). The van der Waals surface area contributed by atoms with Crippen LogP contribution in [0.25, 0.3) is 0 Å². The lowest BCUT2D eigenvalue weighted by Gasteiger charge is -2.13. The highest BCUT2D eigenvalue weighted by atomic mass is 19.4. The molecule has 0 amide bonds. The minimum Gasteiger partial charge on any atom is -0.325 e. The topological polar surface area (TPSA) is 38.9 Å². The van der Waals surface area contributed by atoms with Crippen molar-refractivity contribution in [1.29, 1.82) is 0 Å². The van der Waals surface area contributed by atoms with Crippen LogP contribution in [-0.2, 0) is 12.7 Å². The molecule has 0 aliphatic heterocycles. The summed E-state index contributed by atoms with van der Waals surface area (Å²) in [6.45, 7) is -0.772. The molecule has 0 atom stereocenters. The fraction of sp³-hybridized carbons (Fsp3) is 0.375. The van der Waals surface area contributed by atoms with Gasteiger partial charge in [0.25, 0.3) is 6.43 Å². The van der Waals surface area contributed by atoms with Gasteiger partial charge < -0.3 is 5.73 Å². The van der Waals surface area contributed by atoms with Crippen molar-refractivity contribution in [2.75, 3.05) is 0 Å². The highest BCUT2D eigenvalue weighted by Gasteiger charge is 2.38. The van der Waals surface area contributed by atoms with Gasteiger partial charge in [0.2, 0.25) is 0 Å². The molecule has 1 aromatic rings. The van der Waals surface area contributed by atoms with Crippen molar-refractivity contribution in [2.45, 2.75) is 19.1 Å². The minimum absolute atomic E-state index is 0.0622. The van der Waals surface area contributed by atoms with Crippen molar-refractivity contribution in [1.82, 2.24) is 4.98 Å². The number of nitrogens with zero attached hydrogens (tertiary/aromatic N) is 1. The molecule has 0 aliphatic rings. The van der Waals surface area contributed by atoms with E-state index in [4.69, 9.17) is 5.73 Å². The largest absolute Gasteiger partial charge is 0.421 e. The molecule has 0 fully saturated rings. The summed E-state index contributed by atoms with van der Waals surface area (Å²) in [5, 5.41) is 0. The van der Waals surface area contributed by atoms with Gasteiger partial charge in [-0.1, -0.05) is 0 Å². The SMILES string of the molecule is NCc1nc(C(F)F)cc(F)c1C(F)(F)F. The summed E-state index contributed by atoms with van der Waals surface area (Å²) in [7, 11) is 0. The van der Waals surface area contributed by atoms with Gasteiger partial charge in [-0.25, -0.2) is 18.2 Å². The van der Waals surface area contributed by atoms with E-state index in [9.17, 15) is 26.3 Å². The second-order valence-electron chi connectivity index (χ2n) is 2.85. The minimum atomic E-state index is -5.01. The van der Waals surface area contributed by atoms with Crippen LogP contribution in [0, 0.1) is 5.82 Å². The van der Waals surface area contributed by atoms with E-state index < -0.39 is 41.9 Å². The number of aromatic nitrogens is 1. The van der Waals surface area contributed by atoms with Crippen molar-refractivity contribution in [2.24, 2.45) is 5.73 Å². The van der Waals surface area contributed by atoms with Crippen molar-refractivity contribution in [3.05, 3.63) is 28.8 Å². The van der Waals surface area contributed by atoms with Crippen LogP contribution in [-0.4, -0.2) is 4.98 Å². The Morgan fingerprint density at radius 3 is 2.25 bits per heavy atom. The molecule has 0 saturated carbocycles. The number of rotatable bonds is 2. The van der Waals surface area contributed by atoms with Crippen molar-refractivity contribution in [3.63, 3.8) is 0 Å². The summed E-state index contributed by atoms with van der Waals surface area (Å²) < 4.78 is 74.2. The van der Waals surface area contributed by atoms with Gasteiger partial charge >= 0.3 is 6.18 Å². The van der Waals surface area contributed by atoms with E-state index in [0.29, 0.717) is 0 Å². The lowest BCUT2D eigenvalue weighted by atomic mass is 10.1. The highest BCUT2D eigenvalue weighted by Crippen LogP contribution is 2.34. The predicted octanol–water partition coefficient (Wildman–Crippen LogP) is 2.64. The number of pyridine rings is 1. The van der Waals surface area contributed by atoms with Crippen LogP contribution < -0.4 is 5.73 Å². The number of hydrogen-bond donors (Lipinski definition) is 1. The van der Waals surface area contributed by atoms with E-state index in [0.717, 1.165) is 0 Å². The Kier molecular flexibility index (Phi) is 3.41. The molecule has 1 aromatic heterocycles. The molecule has 0 aliphatic carbocycles. The first-order valence-corrected chi connectivity index (χ1v) is 4.02. The van der Waals surface area contributed by atoms with Crippen LogP contribution in [0.1, 0.15) is 23.4 Å². The third kappa shape index (κ3) is 2.43. The molecule has 90 valence electrons. The zero-order valence-corrected chi connectivity index (χ0v) is 7.65. The van der Waals surface area contributed by atoms with Gasteiger partial charge in [-0.15, -0.1) is 0 Å². The van der Waals surface area contributed by atoms with Crippen LogP contribution in [0.15, 0.2) is 6.07 Å². The summed E-state index contributed by atoms with van der Waals surface area (Å²) in [4.78, 5) is 2.98. The van der Waals surface area contributed by atoms with Crippen molar-refractivity contribution < 1.29 is 26.3 Å². The molecule has 2 N–H and O–H groups in total. The molecule has 0 saturated heterocycles. The van der Waals surface area contributed by atoms with Gasteiger partial charge in [0.15, 0.2) is 0 Å². The Labute approximate surface area is 86.1 Å². The molecule has 2 nitrogen and oxygen atoms in total. The first-order valence-electron chi connectivity index (χ1n) is 4.02. The number of nitrogens with two attached hydrogens (primary N) is 1. The van der Waals surface area contributed by atoms with E-state index in [1.54, 1.807) is 0 Å². The van der Waals surface area contributed by atoms with E-state index in [1.807, 2.05) is 0 Å². The molecule has 0 unspecified atom stereocenters. The quantitative estimate of drug-likeness (QED) is 0.812. The summed E-state index contributed by atoms with van der Waals surface area (Å²) in [6, 6.07) is 0.0622. The average molecular weight is 244 g/mol. The van der Waals surface area contributed by atoms with E-state index in [2.05, 4.69) is 4.98 Å². The summed E-state index contributed by atoms with van der Waals surface area (Å²) >= 11 is 0. The van der Waals surface area contributed by atoms with Gasteiger partial charge in [0.1, 0.15) is 17.1 Å². The predicted molar refractivity (Wildman–Crippen MR) is 42.0 cm³/mol. The molecule has 1 heterocycles. The fourth-order valence-corrected chi connectivity index (χ4v) is 1.14. The average Bonchev–Trinajstić information content (AvgIpc) is 2.14. The maximum atomic E-state index is 13.0. The zero-order valence-electron chi connectivity index (χ0n) is 7.65. The smallest absolute Gasteiger partial charge is 0.325 e. The number of alkyl halides is 5. The Bertz CT molecular complexity index is 387. The second-order valence-corrected chi connectivity index (χ2v) is 2.85. The lowest BCUT2D eigenvalue weighted by molar-refractivity contribution is -0.141. The highest BCUT2D eigenvalue weighted by molar-refractivity contribution is 5.28. The fourth-order valence-electron chi connectivity index (χ4n) is 1.14.